The fourth-order valence-corrected chi connectivity index (χ4v) is 5.34. The predicted octanol–water partition coefficient (Wildman–Crippen LogP) is 1.72. The molecule has 1 aliphatic carbocycles. The van der Waals surface area contributed by atoms with E-state index in [2.05, 4.69) is 9.88 Å². The van der Waals surface area contributed by atoms with Gasteiger partial charge in [0.1, 0.15) is 5.69 Å². The van der Waals surface area contributed by atoms with Gasteiger partial charge in [-0.05, 0) is 31.7 Å². The normalized spacial score (nSPS) is 20.6. The number of hydrogen-bond donors (Lipinski definition) is 1. The fraction of sp³-hybridized carbons (Fsp3) is 0.571. The molecule has 3 aliphatic rings. The monoisotopic (exact) mass is 431 g/mol. The van der Waals surface area contributed by atoms with Gasteiger partial charge in [0, 0.05) is 50.4 Å². The molecule has 30 heavy (non-hydrogen) atoms. The number of nitrogens with one attached hydrogen (secondary N) is 1. The van der Waals surface area contributed by atoms with Gasteiger partial charge in [-0.2, -0.15) is 0 Å². The van der Waals surface area contributed by atoms with E-state index in [-0.39, 0.29) is 16.9 Å². The third kappa shape index (κ3) is 3.22. The summed E-state index contributed by atoms with van der Waals surface area (Å²) in [5, 5.41) is 0.568. The number of aromatic amines is 1. The average molecular weight is 432 g/mol. The molecule has 4 heterocycles. The van der Waals surface area contributed by atoms with Crippen LogP contribution < -0.4 is 10.5 Å². The van der Waals surface area contributed by atoms with Crippen molar-refractivity contribution < 1.29 is 9.53 Å². The Balaban J connectivity index is 1.38. The fourth-order valence-electron chi connectivity index (χ4n) is 5.09. The summed E-state index contributed by atoms with van der Waals surface area (Å²) in [4.78, 5) is 37.6. The van der Waals surface area contributed by atoms with Crippen molar-refractivity contribution in [2.75, 3.05) is 44.3 Å². The Bertz CT molecular complexity index is 1030. The molecule has 5 rings (SSSR count). The van der Waals surface area contributed by atoms with Crippen LogP contribution in [0.5, 0.6) is 0 Å². The molecular weight excluding hydrogens is 406 g/mol. The van der Waals surface area contributed by atoms with Crippen LogP contribution in [-0.4, -0.2) is 64.7 Å². The maximum absolute atomic E-state index is 13.0. The third-order valence-electron chi connectivity index (χ3n) is 6.87. The van der Waals surface area contributed by atoms with Gasteiger partial charge in [-0.3, -0.25) is 14.6 Å². The van der Waals surface area contributed by atoms with Crippen LogP contribution in [0.3, 0.4) is 0 Å². The Kier molecular flexibility index (Phi) is 4.86. The maximum atomic E-state index is 13.0. The van der Waals surface area contributed by atoms with Crippen LogP contribution in [0.1, 0.15) is 41.0 Å². The van der Waals surface area contributed by atoms with Crippen LogP contribution in [0.4, 0.5) is 5.95 Å². The van der Waals surface area contributed by atoms with Gasteiger partial charge in [-0.25, -0.2) is 4.98 Å². The minimum atomic E-state index is -0.118. The van der Waals surface area contributed by atoms with Crippen molar-refractivity contribution in [1.82, 2.24) is 19.4 Å². The van der Waals surface area contributed by atoms with Gasteiger partial charge in [-0.15, -0.1) is 0 Å². The van der Waals surface area contributed by atoms with E-state index in [9.17, 15) is 9.59 Å². The van der Waals surface area contributed by atoms with Crippen molar-refractivity contribution >= 4 is 23.5 Å². The highest BCUT2D eigenvalue weighted by molar-refractivity contribution is 6.31. The van der Waals surface area contributed by atoms with Gasteiger partial charge < -0.3 is 19.1 Å². The van der Waals surface area contributed by atoms with Gasteiger partial charge in [0.2, 0.25) is 5.95 Å². The summed E-state index contributed by atoms with van der Waals surface area (Å²) >= 11 is 6.05. The first-order valence-corrected chi connectivity index (χ1v) is 10.9. The van der Waals surface area contributed by atoms with E-state index < -0.39 is 0 Å². The lowest BCUT2D eigenvalue weighted by molar-refractivity contribution is 0.0654. The van der Waals surface area contributed by atoms with Crippen molar-refractivity contribution in [2.45, 2.75) is 31.1 Å². The van der Waals surface area contributed by atoms with Crippen molar-refractivity contribution in [3.8, 4) is 0 Å². The number of nitrogens with zero attached hydrogens (tertiary/aromatic N) is 4. The summed E-state index contributed by atoms with van der Waals surface area (Å²) in [6, 6.07) is 1.72. The van der Waals surface area contributed by atoms with Crippen LogP contribution in [0, 0.1) is 0 Å². The SMILES string of the molecule is Cn1cc(Cl)cc1C(=O)N1CCC2(CCc3c2nc(N2CCOCC2)[nH]c3=O)CC1. The number of rotatable bonds is 2. The minimum Gasteiger partial charge on any atom is -0.378 e. The van der Waals surface area contributed by atoms with E-state index in [1.807, 2.05) is 11.9 Å². The highest BCUT2D eigenvalue weighted by Crippen LogP contribution is 2.44. The number of hydrogen-bond acceptors (Lipinski definition) is 5. The number of morpholine rings is 1. The molecule has 9 heteroatoms. The largest absolute Gasteiger partial charge is 0.378 e. The Morgan fingerprint density at radius 2 is 1.93 bits per heavy atom. The molecular formula is C21H26ClN5O3. The lowest BCUT2D eigenvalue weighted by atomic mass is 9.76. The van der Waals surface area contributed by atoms with Crippen molar-refractivity contribution in [2.24, 2.45) is 7.05 Å². The Morgan fingerprint density at radius 1 is 1.20 bits per heavy atom. The van der Waals surface area contributed by atoms with E-state index in [1.54, 1.807) is 16.8 Å². The number of piperidine rings is 1. The number of carbonyl (C=O) groups excluding carboxylic acids is 1. The highest BCUT2D eigenvalue weighted by Gasteiger charge is 2.45. The standard InChI is InChI=1S/C21H26ClN5O3/c1-25-13-14(22)12-16(25)19(29)26-6-4-21(5-7-26)3-2-15-17(21)23-20(24-18(15)28)27-8-10-30-11-9-27/h12-13H,2-11H2,1H3,(H,23,24,28). The second-order valence-electron chi connectivity index (χ2n) is 8.54. The number of carbonyl (C=O) groups is 1. The first-order chi connectivity index (χ1) is 14.5. The second kappa shape index (κ2) is 7.42. The lowest BCUT2D eigenvalue weighted by Crippen LogP contribution is -2.45. The quantitative estimate of drug-likeness (QED) is 0.782. The van der Waals surface area contributed by atoms with Gasteiger partial charge in [-0.1, -0.05) is 11.6 Å². The summed E-state index contributed by atoms with van der Waals surface area (Å²) in [6.07, 6.45) is 5.06. The molecule has 0 atom stereocenters. The number of halogens is 1. The van der Waals surface area contributed by atoms with Crippen molar-refractivity contribution in [1.29, 1.82) is 0 Å². The molecule has 2 saturated heterocycles. The van der Waals surface area contributed by atoms with E-state index in [4.69, 9.17) is 21.3 Å². The molecule has 160 valence electrons. The smallest absolute Gasteiger partial charge is 0.270 e. The topological polar surface area (TPSA) is 83.5 Å². The number of likely N-dealkylation sites (tertiary alicyclic amines) is 1. The highest BCUT2D eigenvalue weighted by atomic mass is 35.5. The zero-order valence-electron chi connectivity index (χ0n) is 17.1. The van der Waals surface area contributed by atoms with Crippen LogP contribution in [0.2, 0.25) is 5.02 Å². The lowest BCUT2D eigenvalue weighted by Gasteiger charge is -2.39. The molecule has 2 aliphatic heterocycles. The van der Waals surface area contributed by atoms with E-state index >= 15 is 0 Å². The molecule has 0 bridgehead atoms. The summed E-state index contributed by atoms with van der Waals surface area (Å²) in [6.45, 7) is 4.07. The van der Waals surface area contributed by atoms with Gasteiger partial charge in [0.05, 0.1) is 23.9 Å². The Morgan fingerprint density at radius 3 is 2.60 bits per heavy atom. The molecule has 2 aromatic rings. The number of aromatic nitrogens is 3. The molecule has 0 saturated carbocycles. The van der Waals surface area contributed by atoms with Crippen LogP contribution in [-0.2, 0) is 23.6 Å². The molecule has 1 spiro atoms. The van der Waals surface area contributed by atoms with Crippen LogP contribution in [0.25, 0.3) is 0 Å². The zero-order valence-corrected chi connectivity index (χ0v) is 17.9. The Hall–Kier alpha value is -2.32. The number of anilines is 1. The van der Waals surface area contributed by atoms with E-state index in [1.165, 1.54) is 0 Å². The second-order valence-corrected chi connectivity index (χ2v) is 8.98. The molecule has 0 radical (unpaired) electrons. The molecule has 1 N–H and O–H groups in total. The average Bonchev–Trinajstić information content (AvgIpc) is 3.28. The van der Waals surface area contributed by atoms with Gasteiger partial charge in [0.25, 0.3) is 11.5 Å². The summed E-state index contributed by atoms with van der Waals surface area (Å²) in [7, 11) is 1.83. The van der Waals surface area contributed by atoms with E-state index in [0.29, 0.717) is 43.0 Å². The van der Waals surface area contributed by atoms with Gasteiger partial charge in [0.15, 0.2) is 0 Å². The number of amides is 1. The molecule has 0 unspecified atom stereocenters. The Labute approximate surface area is 179 Å². The zero-order chi connectivity index (χ0) is 20.9. The number of H-pyrrole nitrogens is 1. The number of fused-ring (bicyclic) bond motifs is 2. The third-order valence-corrected chi connectivity index (χ3v) is 7.07. The molecule has 2 fully saturated rings. The molecule has 2 aromatic heterocycles. The minimum absolute atomic E-state index is 0.00495. The first kappa shape index (κ1) is 19.6. The first-order valence-electron chi connectivity index (χ1n) is 10.5. The van der Waals surface area contributed by atoms with Crippen molar-refractivity contribution in [3.63, 3.8) is 0 Å². The maximum Gasteiger partial charge on any atom is 0.270 e. The molecule has 1 amide bonds. The predicted molar refractivity (Wildman–Crippen MR) is 113 cm³/mol. The van der Waals surface area contributed by atoms with Crippen molar-refractivity contribution in [3.05, 3.63) is 44.6 Å². The molecule has 8 nitrogen and oxygen atoms in total. The van der Waals surface area contributed by atoms with E-state index in [0.717, 1.165) is 50.0 Å². The van der Waals surface area contributed by atoms with Crippen LogP contribution in [0.15, 0.2) is 17.1 Å². The van der Waals surface area contributed by atoms with Crippen LogP contribution >= 0.6 is 11.6 Å². The van der Waals surface area contributed by atoms with Gasteiger partial charge >= 0.3 is 0 Å². The summed E-state index contributed by atoms with van der Waals surface area (Å²) < 4.78 is 7.20. The summed E-state index contributed by atoms with van der Waals surface area (Å²) in [5.41, 5.74) is 2.23. The summed E-state index contributed by atoms with van der Waals surface area (Å²) in [5.74, 6) is 0.658. The number of aryl methyl sites for hydroxylation is 1. The molecule has 0 aromatic carbocycles. The number of ether oxygens (including phenoxy) is 1.